The van der Waals surface area contributed by atoms with E-state index in [0.29, 0.717) is 5.78 Å². The van der Waals surface area contributed by atoms with Crippen LogP contribution in [0.4, 0.5) is 0 Å². The van der Waals surface area contributed by atoms with Crippen molar-refractivity contribution in [3.63, 3.8) is 0 Å². The van der Waals surface area contributed by atoms with E-state index in [4.69, 9.17) is 4.74 Å². The number of aryl methyl sites for hydroxylation is 2. The third kappa shape index (κ3) is 2.83. The minimum atomic E-state index is 0.233. The van der Waals surface area contributed by atoms with Crippen molar-refractivity contribution < 1.29 is 9.53 Å². The van der Waals surface area contributed by atoms with Crippen LogP contribution < -0.4 is 4.74 Å². The van der Waals surface area contributed by atoms with Crippen molar-refractivity contribution in [2.45, 2.75) is 46.5 Å². The molecule has 0 aliphatic heterocycles. The van der Waals surface area contributed by atoms with Gasteiger partial charge in [-0.15, -0.1) is 0 Å². The molecule has 0 heterocycles. The molecular weight excluding hydrogens is 236 g/mol. The lowest BCUT2D eigenvalue weighted by atomic mass is 9.91. The van der Waals surface area contributed by atoms with Gasteiger partial charge in [-0.1, -0.05) is 13.3 Å². The normalized spacial score (nSPS) is 22.5. The highest BCUT2D eigenvalue weighted by atomic mass is 16.5. The lowest BCUT2D eigenvalue weighted by Crippen LogP contribution is -2.13. The van der Waals surface area contributed by atoms with Crippen molar-refractivity contribution in [2.75, 3.05) is 7.11 Å². The zero-order valence-electron chi connectivity index (χ0n) is 12.5. The summed E-state index contributed by atoms with van der Waals surface area (Å²) >= 11 is 0. The molecule has 2 unspecified atom stereocenters. The smallest absolute Gasteiger partial charge is 0.166 e. The number of carbonyl (C=O) groups is 1. The van der Waals surface area contributed by atoms with E-state index in [0.717, 1.165) is 41.2 Å². The van der Waals surface area contributed by atoms with Crippen LogP contribution >= 0.6 is 0 Å². The van der Waals surface area contributed by atoms with Gasteiger partial charge in [-0.05, 0) is 62.3 Å². The lowest BCUT2D eigenvalue weighted by Gasteiger charge is -2.14. The minimum absolute atomic E-state index is 0.233. The molecule has 1 aromatic rings. The highest BCUT2D eigenvalue weighted by molar-refractivity contribution is 5.99. The average molecular weight is 260 g/mol. The standard InChI is InChI=1S/C17H24O2/c1-5-13-6-7-14(10-13)17(18)15-8-12(3)16(19-4)9-11(15)2/h8-9,13-14H,5-7,10H2,1-4H3. The van der Waals surface area contributed by atoms with E-state index < -0.39 is 0 Å². The van der Waals surface area contributed by atoms with E-state index in [-0.39, 0.29) is 5.92 Å². The Morgan fingerprint density at radius 3 is 2.58 bits per heavy atom. The Kier molecular flexibility index (Phi) is 4.28. The van der Waals surface area contributed by atoms with E-state index >= 15 is 0 Å². The fourth-order valence-corrected chi connectivity index (χ4v) is 3.18. The topological polar surface area (TPSA) is 26.3 Å². The number of rotatable bonds is 4. The molecule has 0 radical (unpaired) electrons. The number of ketones is 1. The first-order valence-corrected chi connectivity index (χ1v) is 7.26. The highest BCUT2D eigenvalue weighted by Gasteiger charge is 2.30. The highest BCUT2D eigenvalue weighted by Crippen LogP contribution is 2.36. The van der Waals surface area contributed by atoms with Gasteiger partial charge in [0.2, 0.25) is 0 Å². The van der Waals surface area contributed by atoms with Gasteiger partial charge < -0.3 is 4.74 Å². The van der Waals surface area contributed by atoms with Gasteiger partial charge in [0, 0.05) is 11.5 Å². The second-order valence-corrected chi connectivity index (χ2v) is 5.79. The summed E-state index contributed by atoms with van der Waals surface area (Å²) in [5.41, 5.74) is 2.97. The molecule has 0 bridgehead atoms. The number of ether oxygens (including phenoxy) is 1. The van der Waals surface area contributed by atoms with Gasteiger partial charge in [-0.2, -0.15) is 0 Å². The summed E-state index contributed by atoms with van der Waals surface area (Å²) in [6, 6.07) is 3.98. The van der Waals surface area contributed by atoms with Crippen LogP contribution in [-0.2, 0) is 0 Å². The van der Waals surface area contributed by atoms with Crippen LogP contribution in [0.5, 0.6) is 5.75 Å². The molecule has 0 spiro atoms. The molecule has 1 saturated carbocycles. The Morgan fingerprint density at radius 2 is 2.00 bits per heavy atom. The van der Waals surface area contributed by atoms with Crippen molar-refractivity contribution >= 4 is 5.78 Å². The molecule has 0 saturated heterocycles. The molecule has 2 heteroatoms. The summed E-state index contributed by atoms with van der Waals surface area (Å²) in [4.78, 5) is 12.6. The molecule has 2 nitrogen and oxygen atoms in total. The third-order valence-corrected chi connectivity index (χ3v) is 4.50. The van der Waals surface area contributed by atoms with Crippen LogP contribution in [-0.4, -0.2) is 12.9 Å². The minimum Gasteiger partial charge on any atom is -0.496 e. The zero-order valence-corrected chi connectivity index (χ0v) is 12.5. The third-order valence-electron chi connectivity index (χ3n) is 4.50. The molecule has 0 aromatic heterocycles. The fraction of sp³-hybridized carbons (Fsp3) is 0.588. The van der Waals surface area contributed by atoms with Crippen molar-refractivity contribution in [3.8, 4) is 5.75 Å². The molecule has 2 atom stereocenters. The molecule has 1 aliphatic rings. The van der Waals surface area contributed by atoms with Gasteiger partial charge >= 0.3 is 0 Å². The van der Waals surface area contributed by atoms with Gasteiger partial charge in [0.1, 0.15) is 5.75 Å². The lowest BCUT2D eigenvalue weighted by molar-refractivity contribution is 0.0919. The molecule has 0 amide bonds. The molecule has 1 aromatic carbocycles. The summed E-state index contributed by atoms with van der Waals surface area (Å²) in [6.07, 6.45) is 4.53. The number of Topliss-reactive ketones (excluding diaryl/α,β-unsaturated/α-hetero) is 1. The van der Waals surface area contributed by atoms with Crippen molar-refractivity contribution in [1.29, 1.82) is 0 Å². The van der Waals surface area contributed by atoms with Gasteiger partial charge in [-0.25, -0.2) is 0 Å². The molecule has 1 aliphatic carbocycles. The Balaban J connectivity index is 2.22. The quantitative estimate of drug-likeness (QED) is 0.754. The van der Waals surface area contributed by atoms with Gasteiger partial charge in [0.15, 0.2) is 5.78 Å². The molecule has 1 fully saturated rings. The number of hydrogen-bond donors (Lipinski definition) is 0. The first-order valence-electron chi connectivity index (χ1n) is 7.26. The average Bonchev–Trinajstić information content (AvgIpc) is 2.89. The molecular formula is C17H24O2. The number of carbonyl (C=O) groups excluding carboxylic acids is 1. The van der Waals surface area contributed by atoms with Crippen LogP contribution in [0.3, 0.4) is 0 Å². The predicted molar refractivity (Wildman–Crippen MR) is 77.9 cm³/mol. The monoisotopic (exact) mass is 260 g/mol. The summed E-state index contributed by atoms with van der Waals surface area (Å²) < 4.78 is 5.31. The maximum Gasteiger partial charge on any atom is 0.166 e. The second kappa shape index (κ2) is 5.77. The Morgan fingerprint density at radius 1 is 1.26 bits per heavy atom. The number of benzene rings is 1. The summed E-state index contributed by atoms with van der Waals surface area (Å²) in [6.45, 7) is 6.22. The fourth-order valence-electron chi connectivity index (χ4n) is 3.18. The van der Waals surface area contributed by atoms with E-state index in [1.54, 1.807) is 7.11 Å². The van der Waals surface area contributed by atoms with Crippen molar-refractivity contribution in [3.05, 3.63) is 28.8 Å². The van der Waals surface area contributed by atoms with Crippen molar-refractivity contribution in [1.82, 2.24) is 0 Å². The van der Waals surface area contributed by atoms with Crippen LogP contribution in [0.25, 0.3) is 0 Å². The maximum atomic E-state index is 12.6. The number of hydrogen-bond acceptors (Lipinski definition) is 2. The van der Waals surface area contributed by atoms with E-state index in [2.05, 4.69) is 6.92 Å². The van der Waals surface area contributed by atoms with Crippen LogP contribution in [0.15, 0.2) is 12.1 Å². The Hall–Kier alpha value is -1.31. The Labute approximate surface area is 116 Å². The zero-order chi connectivity index (χ0) is 14.0. The first kappa shape index (κ1) is 14.1. The molecule has 0 N–H and O–H groups in total. The second-order valence-electron chi connectivity index (χ2n) is 5.79. The van der Waals surface area contributed by atoms with E-state index in [1.807, 2.05) is 26.0 Å². The van der Waals surface area contributed by atoms with E-state index in [1.165, 1.54) is 12.8 Å². The van der Waals surface area contributed by atoms with Crippen LogP contribution in [0, 0.1) is 25.7 Å². The van der Waals surface area contributed by atoms with Gasteiger partial charge in [0.25, 0.3) is 0 Å². The Bertz CT molecular complexity index is 476. The first-order chi connectivity index (χ1) is 9.06. The van der Waals surface area contributed by atoms with Crippen LogP contribution in [0.1, 0.15) is 54.1 Å². The SMILES string of the molecule is CCC1CCC(C(=O)c2cc(C)c(OC)cc2C)C1. The molecule has 104 valence electrons. The summed E-state index contributed by atoms with van der Waals surface area (Å²) in [7, 11) is 1.67. The van der Waals surface area contributed by atoms with Gasteiger partial charge in [-0.3, -0.25) is 4.79 Å². The predicted octanol–water partition coefficient (Wildman–Crippen LogP) is 4.32. The summed E-state index contributed by atoms with van der Waals surface area (Å²) in [5, 5.41) is 0. The molecule has 19 heavy (non-hydrogen) atoms. The summed E-state index contributed by atoms with van der Waals surface area (Å²) in [5.74, 6) is 2.18. The maximum absolute atomic E-state index is 12.6. The number of methoxy groups -OCH3 is 1. The van der Waals surface area contributed by atoms with Gasteiger partial charge in [0.05, 0.1) is 7.11 Å². The van der Waals surface area contributed by atoms with Crippen LogP contribution in [0.2, 0.25) is 0 Å². The van der Waals surface area contributed by atoms with Crippen molar-refractivity contribution in [2.24, 2.45) is 11.8 Å². The van der Waals surface area contributed by atoms with E-state index in [9.17, 15) is 4.79 Å². The largest absolute Gasteiger partial charge is 0.496 e. The molecule has 2 rings (SSSR count).